The summed E-state index contributed by atoms with van der Waals surface area (Å²) in [6, 6.07) is 10.4. The molecule has 3 heteroatoms. The van der Waals surface area contributed by atoms with Crippen LogP contribution < -0.4 is 0 Å². The second-order valence-electron chi connectivity index (χ2n) is 6.22. The quantitative estimate of drug-likeness (QED) is 0.749. The number of carbonyl (C=O) groups excluding carboxylic acids is 1. The van der Waals surface area contributed by atoms with Gasteiger partial charge in [-0.2, -0.15) is 0 Å². The third-order valence-corrected chi connectivity index (χ3v) is 4.39. The van der Waals surface area contributed by atoms with E-state index in [-0.39, 0.29) is 11.4 Å². The van der Waals surface area contributed by atoms with Crippen LogP contribution in [0.1, 0.15) is 44.6 Å². The maximum absolute atomic E-state index is 12.5. The zero-order valence-electron chi connectivity index (χ0n) is 13.3. The molecule has 116 valence electrons. The molecule has 0 aromatic heterocycles. The van der Waals surface area contributed by atoms with Crippen LogP contribution in [0.25, 0.3) is 0 Å². The molecule has 0 atom stereocenters. The van der Waals surface area contributed by atoms with Crippen molar-refractivity contribution < 1.29 is 9.53 Å². The summed E-state index contributed by atoms with van der Waals surface area (Å²) >= 11 is 0. The summed E-state index contributed by atoms with van der Waals surface area (Å²) in [6.07, 6.45) is 5.44. The summed E-state index contributed by atoms with van der Waals surface area (Å²) in [7, 11) is 2.10. The molecule has 0 aliphatic heterocycles. The molecule has 1 aliphatic carbocycles. The van der Waals surface area contributed by atoms with Crippen LogP contribution in [-0.2, 0) is 16.1 Å². The van der Waals surface area contributed by atoms with Crippen molar-refractivity contribution in [2.75, 3.05) is 20.2 Å². The second-order valence-corrected chi connectivity index (χ2v) is 6.22. The fraction of sp³-hybridized carbons (Fsp3) is 0.611. The number of esters is 1. The molecular weight excluding hydrogens is 262 g/mol. The van der Waals surface area contributed by atoms with Crippen LogP contribution in [0.2, 0.25) is 0 Å². The first-order valence-electron chi connectivity index (χ1n) is 8.06. The Balaban J connectivity index is 2.02. The number of hydrogen-bond donors (Lipinski definition) is 0. The summed E-state index contributed by atoms with van der Waals surface area (Å²) in [4.78, 5) is 14.7. The minimum absolute atomic E-state index is 0.00427. The van der Waals surface area contributed by atoms with Gasteiger partial charge in [-0.05, 0) is 32.4 Å². The van der Waals surface area contributed by atoms with E-state index in [1.807, 2.05) is 13.0 Å². The Hall–Kier alpha value is -1.35. The second kappa shape index (κ2) is 7.60. The lowest BCUT2D eigenvalue weighted by Crippen LogP contribution is -2.44. The van der Waals surface area contributed by atoms with E-state index in [1.165, 1.54) is 12.0 Å². The van der Waals surface area contributed by atoms with Crippen LogP contribution in [0.15, 0.2) is 30.3 Å². The van der Waals surface area contributed by atoms with Crippen LogP contribution >= 0.6 is 0 Å². The number of benzene rings is 1. The fourth-order valence-electron chi connectivity index (χ4n) is 3.41. The number of ether oxygens (including phenoxy) is 1. The van der Waals surface area contributed by atoms with E-state index < -0.39 is 0 Å². The maximum atomic E-state index is 12.5. The Morgan fingerprint density at radius 3 is 2.48 bits per heavy atom. The van der Waals surface area contributed by atoms with Crippen LogP contribution in [0.5, 0.6) is 0 Å². The van der Waals surface area contributed by atoms with E-state index in [0.717, 1.165) is 38.8 Å². The number of carbonyl (C=O) groups is 1. The Morgan fingerprint density at radius 2 is 1.86 bits per heavy atom. The average molecular weight is 289 g/mol. The van der Waals surface area contributed by atoms with Gasteiger partial charge in [-0.1, -0.05) is 49.6 Å². The normalized spacial score (nSPS) is 17.7. The molecule has 0 heterocycles. The molecule has 0 N–H and O–H groups in total. The summed E-state index contributed by atoms with van der Waals surface area (Å²) in [5.74, 6) is 0.00427. The van der Waals surface area contributed by atoms with Crippen molar-refractivity contribution in [2.45, 2.75) is 45.6 Å². The highest BCUT2D eigenvalue weighted by atomic mass is 16.5. The van der Waals surface area contributed by atoms with Crippen molar-refractivity contribution in [3.05, 3.63) is 35.9 Å². The first-order valence-corrected chi connectivity index (χ1v) is 8.06. The fourth-order valence-corrected chi connectivity index (χ4v) is 3.41. The molecule has 0 spiro atoms. The van der Waals surface area contributed by atoms with Crippen molar-refractivity contribution >= 4 is 5.97 Å². The third kappa shape index (κ3) is 4.31. The van der Waals surface area contributed by atoms with E-state index in [0.29, 0.717) is 6.61 Å². The number of nitrogens with zero attached hydrogens (tertiary/aromatic N) is 1. The molecule has 21 heavy (non-hydrogen) atoms. The molecule has 0 unspecified atom stereocenters. The molecule has 1 aliphatic rings. The number of rotatable bonds is 6. The largest absolute Gasteiger partial charge is 0.466 e. The lowest BCUT2D eigenvalue weighted by Gasteiger charge is -2.37. The lowest BCUT2D eigenvalue weighted by molar-refractivity contribution is -0.159. The standard InChI is InChI=1S/C18H27NO2/c1-3-21-17(20)18(12-8-5-9-13-18)15-19(2)14-16-10-6-4-7-11-16/h4,6-7,10-11H,3,5,8-9,12-15H2,1-2H3. The summed E-state index contributed by atoms with van der Waals surface area (Å²) in [6.45, 7) is 4.04. The lowest BCUT2D eigenvalue weighted by atomic mass is 9.73. The molecular formula is C18H27NO2. The van der Waals surface area contributed by atoms with Crippen molar-refractivity contribution in [1.82, 2.24) is 4.90 Å². The van der Waals surface area contributed by atoms with Crippen LogP contribution in [-0.4, -0.2) is 31.1 Å². The van der Waals surface area contributed by atoms with Gasteiger partial charge in [-0.15, -0.1) is 0 Å². The average Bonchev–Trinajstić information content (AvgIpc) is 2.49. The minimum atomic E-state index is -0.294. The molecule has 0 radical (unpaired) electrons. The summed E-state index contributed by atoms with van der Waals surface area (Å²) in [5, 5.41) is 0. The minimum Gasteiger partial charge on any atom is -0.466 e. The van der Waals surface area contributed by atoms with E-state index >= 15 is 0 Å². The van der Waals surface area contributed by atoms with Crippen molar-refractivity contribution in [3.63, 3.8) is 0 Å². The number of hydrogen-bond acceptors (Lipinski definition) is 3. The zero-order chi connectivity index (χ0) is 15.1. The maximum Gasteiger partial charge on any atom is 0.313 e. The van der Waals surface area contributed by atoms with Crippen LogP contribution in [0.3, 0.4) is 0 Å². The van der Waals surface area contributed by atoms with E-state index in [4.69, 9.17) is 4.74 Å². The van der Waals surface area contributed by atoms with Gasteiger partial charge in [0, 0.05) is 13.1 Å². The van der Waals surface area contributed by atoms with E-state index in [1.54, 1.807) is 0 Å². The van der Waals surface area contributed by atoms with Gasteiger partial charge in [0.1, 0.15) is 0 Å². The molecule has 1 saturated carbocycles. The van der Waals surface area contributed by atoms with Crippen molar-refractivity contribution in [3.8, 4) is 0 Å². The van der Waals surface area contributed by atoms with Gasteiger partial charge in [0.15, 0.2) is 0 Å². The first kappa shape index (κ1) is 16.0. The first-order chi connectivity index (χ1) is 10.2. The Labute approximate surface area is 128 Å². The van der Waals surface area contributed by atoms with Gasteiger partial charge >= 0.3 is 5.97 Å². The Morgan fingerprint density at radius 1 is 1.19 bits per heavy atom. The van der Waals surface area contributed by atoms with Crippen molar-refractivity contribution in [2.24, 2.45) is 5.41 Å². The zero-order valence-corrected chi connectivity index (χ0v) is 13.3. The van der Waals surface area contributed by atoms with Gasteiger partial charge in [-0.25, -0.2) is 0 Å². The monoisotopic (exact) mass is 289 g/mol. The molecule has 1 fully saturated rings. The molecule has 0 saturated heterocycles. The topological polar surface area (TPSA) is 29.5 Å². The summed E-state index contributed by atoms with van der Waals surface area (Å²) in [5.41, 5.74) is 0.993. The highest BCUT2D eigenvalue weighted by molar-refractivity contribution is 5.77. The van der Waals surface area contributed by atoms with Gasteiger partial charge in [0.2, 0.25) is 0 Å². The molecule has 0 amide bonds. The van der Waals surface area contributed by atoms with Crippen molar-refractivity contribution in [1.29, 1.82) is 0 Å². The highest BCUT2D eigenvalue weighted by Crippen LogP contribution is 2.38. The van der Waals surface area contributed by atoms with Gasteiger partial charge in [0.25, 0.3) is 0 Å². The molecule has 1 aromatic carbocycles. The Kier molecular flexibility index (Phi) is 5.80. The van der Waals surface area contributed by atoms with Crippen LogP contribution in [0.4, 0.5) is 0 Å². The SMILES string of the molecule is CCOC(=O)C1(CN(C)Cc2ccccc2)CCCCC1. The van der Waals surface area contributed by atoms with Gasteiger partial charge < -0.3 is 9.64 Å². The van der Waals surface area contributed by atoms with Gasteiger partial charge in [0.05, 0.1) is 12.0 Å². The molecule has 0 bridgehead atoms. The summed E-state index contributed by atoms with van der Waals surface area (Å²) < 4.78 is 5.37. The molecule has 1 aromatic rings. The Bertz CT molecular complexity index is 438. The highest BCUT2D eigenvalue weighted by Gasteiger charge is 2.41. The predicted molar refractivity (Wildman–Crippen MR) is 84.9 cm³/mol. The molecule has 2 rings (SSSR count). The third-order valence-electron chi connectivity index (χ3n) is 4.39. The van der Waals surface area contributed by atoms with E-state index in [2.05, 4.69) is 36.2 Å². The van der Waals surface area contributed by atoms with Crippen LogP contribution in [0, 0.1) is 5.41 Å². The molecule has 3 nitrogen and oxygen atoms in total. The smallest absolute Gasteiger partial charge is 0.313 e. The van der Waals surface area contributed by atoms with Gasteiger partial charge in [-0.3, -0.25) is 4.79 Å². The van der Waals surface area contributed by atoms with E-state index in [9.17, 15) is 4.79 Å². The predicted octanol–water partition coefficient (Wildman–Crippen LogP) is 3.63.